The molecule has 128 valence electrons. The number of urea groups is 1. The summed E-state index contributed by atoms with van der Waals surface area (Å²) < 4.78 is 0. The summed E-state index contributed by atoms with van der Waals surface area (Å²) in [6, 6.07) is 3.79. The minimum atomic E-state index is -0.376. The summed E-state index contributed by atoms with van der Waals surface area (Å²) in [6.45, 7) is 10.7. The van der Waals surface area contributed by atoms with Crippen LogP contribution in [0.4, 0.5) is 4.79 Å². The van der Waals surface area contributed by atoms with Gasteiger partial charge in [-0.15, -0.1) is 0 Å². The van der Waals surface area contributed by atoms with E-state index in [1.54, 1.807) is 11.9 Å². The van der Waals surface area contributed by atoms with Crippen LogP contribution in [0, 0.1) is 20.8 Å². The Morgan fingerprint density at radius 3 is 2.33 bits per heavy atom. The van der Waals surface area contributed by atoms with Gasteiger partial charge in [-0.3, -0.25) is 9.69 Å². The zero-order chi connectivity index (χ0) is 17.8. The third kappa shape index (κ3) is 2.39. The van der Waals surface area contributed by atoms with Crippen molar-refractivity contribution in [2.75, 3.05) is 13.6 Å². The average molecular weight is 327 g/mol. The van der Waals surface area contributed by atoms with Gasteiger partial charge in [-0.2, -0.15) is 0 Å². The van der Waals surface area contributed by atoms with Crippen LogP contribution < -0.4 is 5.32 Å². The Kier molecular flexibility index (Phi) is 3.90. The highest BCUT2D eigenvalue weighted by Crippen LogP contribution is 2.37. The Labute approximate surface area is 143 Å². The lowest BCUT2D eigenvalue weighted by molar-refractivity contribution is -0.127. The van der Waals surface area contributed by atoms with Crippen molar-refractivity contribution < 1.29 is 9.59 Å². The number of likely N-dealkylation sites (N-methyl/N-ethyl adjacent to an activating group) is 1. The standard InChI is InChI=1S/C19H25N3O2/c1-10(2)22-9-15-16(18(22)23)17(20-19(24)21(15)6)14-8-12(4)11(3)7-13(14)5/h7-8,10,17H,9H2,1-6H3,(H,20,24). The SMILES string of the molecule is Cc1cc(C)c(C2NC(=O)N(C)C3=C2C(=O)N(C(C)C)C3)cc1C. The van der Waals surface area contributed by atoms with Gasteiger partial charge in [0.2, 0.25) is 0 Å². The number of nitrogens with zero attached hydrogens (tertiary/aromatic N) is 2. The Morgan fingerprint density at radius 1 is 1.08 bits per heavy atom. The van der Waals surface area contributed by atoms with E-state index in [1.165, 1.54) is 5.56 Å². The molecule has 5 nitrogen and oxygen atoms in total. The fourth-order valence-electron chi connectivity index (χ4n) is 3.53. The molecular weight excluding hydrogens is 302 g/mol. The Hall–Kier alpha value is -2.30. The molecule has 1 unspecified atom stereocenters. The monoisotopic (exact) mass is 327 g/mol. The highest BCUT2D eigenvalue weighted by atomic mass is 16.2. The highest BCUT2D eigenvalue weighted by molar-refractivity contribution is 6.01. The molecular formula is C19H25N3O2. The van der Waals surface area contributed by atoms with Gasteiger partial charge in [0.25, 0.3) is 5.91 Å². The molecule has 1 atom stereocenters. The smallest absolute Gasteiger partial charge is 0.322 e. The Bertz CT molecular complexity index is 764. The fraction of sp³-hybridized carbons (Fsp3) is 0.474. The van der Waals surface area contributed by atoms with Crippen LogP contribution in [0.15, 0.2) is 23.4 Å². The van der Waals surface area contributed by atoms with E-state index in [0.29, 0.717) is 12.1 Å². The third-order valence-corrected chi connectivity index (χ3v) is 5.21. The van der Waals surface area contributed by atoms with Crippen molar-refractivity contribution in [1.82, 2.24) is 15.1 Å². The predicted octanol–water partition coefficient (Wildman–Crippen LogP) is 2.81. The molecule has 0 aromatic heterocycles. The van der Waals surface area contributed by atoms with Gasteiger partial charge in [0.05, 0.1) is 23.9 Å². The van der Waals surface area contributed by atoms with E-state index >= 15 is 0 Å². The summed E-state index contributed by atoms with van der Waals surface area (Å²) in [6.07, 6.45) is 0. The quantitative estimate of drug-likeness (QED) is 0.908. The van der Waals surface area contributed by atoms with Crippen LogP contribution in [0.1, 0.15) is 42.1 Å². The maximum Gasteiger partial charge on any atom is 0.322 e. The molecule has 3 rings (SSSR count). The largest absolute Gasteiger partial charge is 0.331 e. The molecule has 5 heteroatoms. The Balaban J connectivity index is 2.13. The van der Waals surface area contributed by atoms with E-state index in [9.17, 15) is 9.59 Å². The second kappa shape index (κ2) is 5.65. The van der Waals surface area contributed by atoms with Crippen LogP contribution in [0.5, 0.6) is 0 Å². The molecule has 2 aliphatic rings. The number of amides is 3. The summed E-state index contributed by atoms with van der Waals surface area (Å²) in [5.41, 5.74) is 6.00. The van der Waals surface area contributed by atoms with Crippen LogP contribution >= 0.6 is 0 Å². The van der Waals surface area contributed by atoms with Gasteiger partial charge in [-0.25, -0.2) is 4.79 Å². The van der Waals surface area contributed by atoms with Gasteiger partial charge in [-0.05, 0) is 56.9 Å². The molecule has 2 aliphatic heterocycles. The van der Waals surface area contributed by atoms with Gasteiger partial charge < -0.3 is 10.2 Å². The topological polar surface area (TPSA) is 52.7 Å². The van der Waals surface area contributed by atoms with Crippen molar-refractivity contribution in [1.29, 1.82) is 0 Å². The van der Waals surface area contributed by atoms with Gasteiger partial charge in [-0.1, -0.05) is 12.1 Å². The van der Waals surface area contributed by atoms with E-state index in [0.717, 1.165) is 22.4 Å². The number of rotatable bonds is 2. The molecule has 0 spiro atoms. The summed E-state index contributed by atoms with van der Waals surface area (Å²) in [4.78, 5) is 28.8. The number of hydrogen-bond acceptors (Lipinski definition) is 2. The lowest BCUT2D eigenvalue weighted by Gasteiger charge is -2.32. The van der Waals surface area contributed by atoms with Crippen LogP contribution in [-0.2, 0) is 4.79 Å². The fourth-order valence-corrected chi connectivity index (χ4v) is 3.53. The zero-order valence-corrected chi connectivity index (χ0v) is 15.2. The molecule has 0 aliphatic carbocycles. The first-order chi connectivity index (χ1) is 11.2. The van der Waals surface area contributed by atoms with E-state index in [2.05, 4.69) is 31.3 Å². The molecule has 0 radical (unpaired) electrons. The number of carbonyl (C=O) groups is 2. The van der Waals surface area contributed by atoms with Crippen molar-refractivity contribution >= 4 is 11.9 Å². The zero-order valence-electron chi connectivity index (χ0n) is 15.2. The summed E-state index contributed by atoms with van der Waals surface area (Å²) in [5.74, 6) is 0.0227. The maximum absolute atomic E-state index is 13.0. The molecule has 1 aromatic carbocycles. The van der Waals surface area contributed by atoms with Crippen molar-refractivity contribution in [2.45, 2.75) is 46.7 Å². The molecule has 0 saturated carbocycles. The van der Waals surface area contributed by atoms with E-state index in [-0.39, 0.29) is 24.0 Å². The average Bonchev–Trinajstić information content (AvgIpc) is 2.85. The first-order valence-electron chi connectivity index (χ1n) is 8.38. The number of aryl methyl sites for hydroxylation is 3. The molecule has 0 bridgehead atoms. The molecule has 3 amide bonds. The molecule has 1 N–H and O–H groups in total. The minimum Gasteiger partial charge on any atom is -0.331 e. The lowest BCUT2D eigenvalue weighted by Crippen LogP contribution is -2.45. The van der Waals surface area contributed by atoms with Crippen LogP contribution in [0.2, 0.25) is 0 Å². The van der Waals surface area contributed by atoms with Crippen molar-refractivity contribution in [3.8, 4) is 0 Å². The van der Waals surface area contributed by atoms with Gasteiger partial charge in [0, 0.05) is 13.1 Å². The third-order valence-electron chi connectivity index (χ3n) is 5.21. The first-order valence-corrected chi connectivity index (χ1v) is 8.38. The van der Waals surface area contributed by atoms with E-state index < -0.39 is 0 Å². The first kappa shape index (κ1) is 16.6. The van der Waals surface area contributed by atoms with Gasteiger partial charge in [0.15, 0.2) is 0 Å². The minimum absolute atomic E-state index is 0.0227. The highest BCUT2D eigenvalue weighted by Gasteiger charge is 2.43. The molecule has 24 heavy (non-hydrogen) atoms. The molecule has 1 aromatic rings. The number of carbonyl (C=O) groups excluding carboxylic acids is 2. The van der Waals surface area contributed by atoms with Gasteiger partial charge in [0.1, 0.15) is 0 Å². The maximum atomic E-state index is 13.0. The van der Waals surface area contributed by atoms with Crippen molar-refractivity contribution in [3.05, 3.63) is 45.7 Å². The molecule has 0 fully saturated rings. The number of nitrogens with one attached hydrogen (secondary N) is 1. The molecule has 2 heterocycles. The van der Waals surface area contributed by atoms with Crippen LogP contribution in [0.3, 0.4) is 0 Å². The number of hydrogen-bond donors (Lipinski definition) is 1. The van der Waals surface area contributed by atoms with Gasteiger partial charge >= 0.3 is 6.03 Å². The second-order valence-corrected chi connectivity index (χ2v) is 7.12. The second-order valence-electron chi connectivity index (χ2n) is 7.12. The number of benzene rings is 1. The van der Waals surface area contributed by atoms with E-state index in [4.69, 9.17) is 0 Å². The van der Waals surface area contributed by atoms with Crippen LogP contribution in [-0.4, -0.2) is 41.4 Å². The van der Waals surface area contributed by atoms with Crippen LogP contribution in [0.25, 0.3) is 0 Å². The Morgan fingerprint density at radius 2 is 1.71 bits per heavy atom. The predicted molar refractivity (Wildman–Crippen MR) is 93.6 cm³/mol. The normalized spacial score (nSPS) is 20.9. The van der Waals surface area contributed by atoms with E-state index in [1.807, 2.05) is 25.7 Å². The molecule has 0 saturated heterocycles. The summed E-state index contributed by atoms with van der Waals surface area (Å²) >= 11 is 0. The lowest BCUT2D eigenvalue weighted by atomic mass is 9.90. The summed E-state index contributed by atoms with van der Waals surface area (Å²) in [7, 11) is 1.73. The van der Waals surface area contributed by atoms with Crippen molar-refractivity contribution in [2.24, 2.45) is 0 Å². The van der Waals surface area contributed by atoms with Crippen molar-refractivity contribution in [3.63, 3.8) is 0 Å². The summed E-state index contributed by atoms with van der Waals surface area (Å²) in [5, 5.41) is 3.01.